The number of hydrogen-bond donors (Lipinski definition) is 0. The number of nitrogens with zero attached hydrogens (tertiary/aromatic N) is 3. The summed E-state index contributed by atoms with van der Waals surface area (Å²) in [6.45, 7) is 9.44. The number of carbonyl (C=O) groups excluding carboxylic acids is 2. The molecule has 1 aliphatic carbocycles. The number of carbonyl (C=O) groups is 2. The standard InChI is InChI=1S/C22H31N3O3/c1-6-11-24(13-15-7-8-15)19(26)14-25-18-12-16(28-5)9-10-17(18)20(23-25)21(27)22(2,3)4/h9-10,12,15H,6-8,11,13-14H2,1-5H3. The Kier molecular flexibility index (Phi) is 5.77. The Morgan fingerprint density at radius 3 is 2.57 bits per heavy atom. The lowest BCUT2D eigenvalue weighted by Gasteiger charge is -2.22. The van der Waals surface area contributed by atoms with Crippen LogP contribution in [0.2, 0.25) is 0 Å². The highest BCUT2D eigenvalue weighted by Crippen LogP contribution is 2.31. The van der Waals surface area contributed by atoms with E-state index in [1.54, 1.807) is 11.8 Å². The molecule has 6 heteroatoms. The minimum Gasteiger partial charge on any atom is -0.497 e. The number of ketones is 1. The number of aromatic nitrogens is 2. The smallest absolute Gasteiger partial charge is 0.244 e. The molecule has 3 rings (SSSR count). The molecule has 2 aromatic rings. The summed E-state index contributed by atoms with van der Waals surface area (Å²) in [6, 6.07) is 5.53. The van der Waals surface area contributed by atoms with Gasteiger partial charge in [-0.25, -0.2) is 0 Å². The van der Waals surface area contributed by atoms with Gasteiger partial charge in [-0.1, -0.05) is 27.7 Å². The number of amides is 1. The zero-order valence-electron chi connectivity index (χ0n) is 17.6. The van der Waals surface area contributed by atoms with Crippen LogP contribution >= 0.6 is 0 Å². The zero-order valence-corrected chi connectivity index (χ0v) is 17.6. The molecule has 152 valence electrons. The van der Waals surface area contributed by atoms with E-state index in [1.807, 2.05) is 43.9 Å². The molecule has 0 spiro atoms. The van der Waals surface area contributed by atoms with E-state index in [0.717, 1.165) is 30.4 Å². The summed E-state index contributed by atoms with van der Waals surface area (Å²) in [5.74, 6) is 1.34. The first kappa shape index (κ1) is 20.4. The summed E-state index contributed by atoms with van der Waals surface area (Å²) in [7, 11) is 1.60. The van der Waals surface area contributed by atoms with Crippen LogP contribution in [0.5, 0.6) is 5.75 Å². The van der Waals surface area contributed by atoms with E-state index in [1.165, 1.54) is 12.8 Å². The van der Waals surface area contributed by atoms with Crippen LogP contribution in [0.25, 0.3) is 10.9 Å². The van der Waals surface area contributed by atoms with Crippen molar-refractivity contribution in [1.82, 2.24) is 14.7 Å². The maximum Gasteiger partial charge on any atom is 0.244 e. The van der Waals surface area contributed by atoms with Crippen LogP contribution in [0.4, 0.5) is 0 Å². The first-order chi connectivity index (χ1) is 13.2. The molecule has 0 N–H and O–H groups in total. The lowest BCUT2D eigenvalue weighted by atomic mass is 9.88. The van der Waals surface area contributed by atoms with Crippen molar-refractivity contribution in [3.8, 4) is 5.75 Å². The molecular formula is C22H31N3O3. The first-order valence-electron chi connectivity index (χ1n) is 10.1. The van der Waals surface area contributed by atoms with Crippen LogP contribution in [0.15, 0.2) is 18.2 Å². The van der Waals surface area contributed by atoms with Crippen molar-refractivity contribution < 1.29 is 14.3 Å². The second-order valence-electron chi connectivity index (χ2n) is 8.75. The van der Waals surface area contributed by atoms with Gasteiger partial charge in [0.2, 0.25) is 5.91 Å². The van der Waals surface area contributed by atoms with E-state index in [-0.39, 0.29) is 18.2 Å². The molecule has 1 fully saturated rings. The van der Waals surface area contributed by atoms with Crippen molar-refractivity contribution in [2.45, 2.75) is 53.5 Å². The Morgan fingerprint density at radius 2 is 2.00 bits per heavy atom. The van der Waals surface area contributed by atoms with Gasteiger partial charge >= 0.3 is 0 Å². The molecular weight excluding hydrogens is 354 g/mol. The molecule has 0 aliphatic heterocycles. The van der Waals surface area contributed by atoms with Gasteiger partial charge < -0.3 is 9.64 Å². The predicted molar refractivity (Wildman–Crippen MR) is 110 cm³/mol. The Labute approximate surface area is 166 Å². The molecule has 1 amide bonds. The van der Waals surface area contributed by atoms with Crippen molar-refractivity contribution in [3.63, 3.8) is 0 Å². The molecule has 0 unspecified atom stereocenters. The summed E-state index contributed by atoms with van der Waals surface area (Å²) in [4.78, 5) is 27.9. The van der Waals surface area contributed by atoms with E-state index in [2.05, 4.69) is 12.0 Å². The highest BCUT2D eigenvalue weighted by Gasteiger charge is 2.30. The lowest BCUT2D eigenvalue weighted by molar-refractivity contribution is -0.132. The average molecular weight is 386 g/mol. The van der Waals surface area contributed by atoms with Gasteiger partial charge in [0.15, 0.2) is 5.78 Å². The van der Waals surface area contributed by atoms with Gasteiger partial charge in [-0.3, -0.25) is 14.3 Å². The third-order valence-corrected chi connectivity index (χ3v) is 5.16. The fourth-order valence-electron chi connectivity index (χ4n) is 3.35. The highest BCUT2D eigenvalue weighted by atomic mass is 16.5. The van der Waals surface area contributed by atoms with Crippen LogP contribution in [0.3, 0.4) is 0 Å². The van der Waals surface area contributed by atoms with Gasteiger partial charge in [0.05, 0.1) is 12.6 Å². The van der Waals surface area contributed by atoms with Crippen LogP contribution in [-0.2, 0) is 11.3 Å². The number of methoxy groups -OCH3 is 1. The van der Waals surface area contributed by atoms with Gasteiger partial charge in [-0.05, 0) is 37.3 Å². The fraction of sp³-hybridized carbons (Fsp3) is 0.591. The van der Waals surface area contributed by atoms with Crippen molar-refractivity contribution in [1.29, 1.82) is 0 Å². The van der Waals surface area contributed by atoms with Gasteiger partial charge in [-0.15, -0.1) is 0 Å². The molecule has 1 aromatic heterocycles. The Bertz CT molecular complexity index is 875. The van der Waals surface area contributed by atoms with Crippen molar-refractivity contribution in [2.75, 3.05) is 20.2 Å². The fourth-order valence-corrected chi connectivity index (χ4v) is 3.35. The summed E-state index contributed by atoms with van der Waals surface area (Å²) in [6.07, 6.45) is 3.35. The molecule has 1 aliphatic rings. The predicted octanol–water partition coefficient (Wildman–Crippen LogP) is 3.92. The van der Waals surface area contributed by atoms with E-state index >= 15 is 0 Å². The Hall–Kier alpha value is -2.37. The number of benzene rings is 1. The topological polar surface area (TPSA) is 64.4 Å². The maximum atomic E-state index is 13.0. The highest BCUT2D eigenvalue weighted by molar-refractivity contribution is 6.08. The second kappa shape index (κ2) is 7.94. The van der Waals surface area contributed by atoms with Crippen molar-refractivity contribution in [3.05, 3.63) is 23.9 Å². The molecule has 1 heterocycles. The number of Topliss-reactive ketones (excluding diaryl/α,β-unsaturated/α-hetero) is 1. The Morgan fingerprint density at radius 1 is 1.29 bits per heavy atom. The molecule has 0 atom stereocenters. The largest absolute Gasteiger partial charge is 0.497 e. The van der Waals surface area contributed by atoms with Crippen molar-refractivity contribution >= 4 is 22.6 Å². The van der Waals surface area contributed by atoms with Crippen molar-refractivity contribution in [2.24, 2.45) is 11.3 Å². The van der Waals surface area contributed by atoms with Gasteiger partial charge in [-0.2, -0.15) is 5.10 Å². The normalized spacial score (nSPS) is 14.3. The van der Waals surface area contributed by atoms with Crippen LogP contribution in [0.1, 0.15) is 57.4 Å². The quantitative estimate of drug-likeness (QED) is 0.646. The first-order valence-corrected chi connectivity index (χ1v) is 10.1. The minimum atomic E-state index is -0.545. The molecule has 1 aromatic carbocycles. The summed E-state index contributed by atoms with van der Waals surface area (Å²) in [5, 5.41) is 5.33. The second-order valence-corrected chi connectivity index (χ2v) is 8.75. The third kappa shape index (κ3) is 4.37. The summed E-state index contributed by atoms with van der Waals surface area (Å²) >= 11 is 0. The third-order valence-electron chi connectivity index (χ3n) is 5.16. The Balaban J connectivity index is 1.96. The SMILES string of the molecule is CCCN(CC1CC1)C(=O)Cn1nc(C(=O)C(C)(C)C)c2ccc(OC)cc21. The van der Waals surface area contributed by atoms with Gasteiger partial charge in [0.25, 0.3) is 0 Å². The van der Waals surface area contributed by atoms with Crippen LogP contribution < -0.4 is 4.74 Å². The maximum absolute atomic E-state index is 13.0. The number of hydrogen-bond acceptors (Lipinski definition) is 4. The average Bonchev–Trinajstić information content (AvgIpc) is 3.40. The van der Waals surface area contributed by atoms with E-state index in [9.17, 15) is 9.59 Å². The molecule has 28 heavy (non-hydrogen) atoms. The summed E-state index contributed by atoms with van der Waals surface area (Å²) in [5.41, 5.74) is 0.626. The zero-order chi connectivity index (χ0) is 20.5. The molecule has 0 bridgehead atoms. The molecule has 6 nitrogen and oxygen atoms in total. The van der Waals surface area contributed by atoms with Crippen LogP contribution in [0, 0.1) is 11.3 Å². The summed E-state index contributed by atoms with van der Waals surface area (Å²) < 4.78 is 7.01. The molecule has 0 saturated heterocycles. The van der Waals surface area contributed by atoms with Gasteiger partial charge in [0, 0.05) is 30.0 Å². The number of rotatable bonds is 8. The van der Waals surface area contributed by atoms with Gasteiger partial charge in [0.1, 0.15) is 18.0 Å². The number of fused-ring (bicyclic) bond motifs is 1. The minimum absolute atomic E-state index is 0.0303. The molecule has 0 radical (unpaired) electrons. The van der Waals surface area contributed by atoms with E-state index in [4.69, 9.17) is 4.74 Å². The van der Waals surface area contributed by atoms with E-state index < -0.39 is 5.41 Å². The van der Waals surface area contributed by atoms with E-state index in [0.29, 0.717) is 17.4 Å². The lowest BCUT2D eigenvalue weighted by Crippen LogP contribution is -2.36. The van der Waals surface area contributed by atoms with Crippen LogP contribution in [-0.4, -0.2) is 46.6 Å². The number of ether oxygens (including phenoxy) is 1. The monoisotopic (exact) mass is 385 g/mol. The molecule has 1 saturated carbocycles.